The zero-order valence-corrected chi connectivity index (χ0v) is 13.3. The molecule has 2 nitrogen and oxygen atoms in total. The molecule has 0 fully saturated rings. The molecule has 1 aromatic carbocycles. The molecule has 0 radical (unpaired) electrons. The number of methoxy groups -OCH3 is 2. The van der Waals surface area contributed by atoms with Crippen molar-refractivity contribution < 1.29 is 9.47 Å². The van der Waals surface area contributed by atoms with Gasteiger partial charge in [0, 0.05) is 9.35 Å². The van der Waals surface area contributed by atoms with Gasteiger partial charge in [-0.3, -0.25) is 0 Å². The van der Waals surface area contributed by atoms with Gasteiger partial charge < -0.3 is 9.47 Å². The van der Waals surface area contributed by atoms with Gasteiger partial charge in [-0.25, -0.2) is 0 Å². The van der Waals surface area contributed by atoms with Crippen LogP contribution in [0.4, 0.5) is 0 Å². The average Bonchev–Trinajstić information content (AvgIpc) is 2.68. The number of hydrogen-bond donors (Lipinski definition) is 0. The molecule has 0 aliphatic rings. The highest BCUT2D eigenvalue weighted by Gasteiger charge is 2.15. The van der Waals surface area contributed by atoms with E-state index in [-0.39, 0.29) is 0 Å². The van der Waals surface area contributed by atoms with Crippen LogP contribution in [0.1, 0.15) is 0 Å². The van der Waals surface area contributed by atoms with E-state index >= 15 is 0 Å². The molecule has 0 N–H and O–H groups in total. The Balaban J connectivity index is 2.63. The maximum atomic E-state index is 5.39. The molecule has 2 rings (SSSR count). The lowest BCUT2D eigenvalue weighted by molar-refractivity contribution is 0.397. The van der Waals surface area contributed by atoms with Crippen molar-refractivity contribution in [3.8, 4) is 21.9 Å². The fourth-order valence-corrected chi connectivity index (χ4v) is 3.65. The van der Waals surface area contributed by atoms with Gasteiger partial charge in [-0.05, 0) is 50.1 Å². The Hall–Kier alpha value is -0.520. The fraction of sp³-hybridized carbons (Fsp3) is 0.167. The minimum Gasteiger partial charge on any atom is -0.496 e. The van der Waals surface area contributed by atoms with E-state index in [1.165, 1.54) is 0 Å². The van der Waals surface area contributed by atoms with Crippen molar-refractivity contribution in [2.24, 2.45) is 0 Å². The van der Waals surface area contributed by atoms with E-state index in [1.54, 1.807) is 25.6 Å². The number of ether oxygens (including phenoxy) is 2. The maximum absolute atomic E-state index is 5.39. The lowest BCUT2D eigenvalue weighted by atomic mass is 10.1. The summed E-state index contributed by atoms with van der Waals surface area (Å²) in [6.07, 6.45) is 0. The van der Waals surface area contributed by atoms with Gasteiger partial charge in [-0.2, -0.15) is 0 Å². The highest BCUT2D eigenvalue weighted by molar-refractivity contribution is 9.13. The molecule has 0 amide bonds. The summed E-state index contributed by atoms with van der Waals surface area (Å²) in [7, 11) is 3.33. The first-order chi connectivity index (χ1) is 8.17. The predicted octanol–water partition coefficient (Wildman–Crippen LogP) is 4.96. The van der Waals surface area contributed by atoms with Crippen molar-refractivity contribution in [1.29, 1.82) is 0 Å². The fourth-order valence-electron chi connectivity index (χ4n) is 1.56. The summed E-state index contributed by atoms with van der Waals surface area (Å²) in [5.74, 6) is 1.62. The molecular weight excluding hydrogens is 368 g/mol. The summed E-state index contributed by atoms with van der Waals surface area (Å²) >= 11 is 8.62. The molecule has 0 bridgehead atoms. The van der Waals surface area contributed by atoms with Gasteiger partial charge in [0.15, 0.2) is 0 Å². The summed E-state index contributed by atoms with van der Waals surface area (Å²) in [6.45, 7) is 0. The molecule has 0 atom stereocenters. The van der Waals surface area contributed by atoms with Crippen LogP contribution in [0.25, 0.3) is 10.4 Å². The van der Waals surface area contributed by atoms with Gasteiger partial charge in [-0.15, -0.1) is 11.3 Å². The van der Waals surface area contributed by atoms with E-state index in [0.717, 1.165) is 30.2 Å². The van der Waals surface area contributed by atoms with Crippen LogP contribution >= 0.6 is 43.2 Å². The molecule has 0 saturated heterocycles. The van der Waals surface area contributed by atoms with Gasteiger partial charge in [-0.1, -0.05) is 6.07 Å². The number of benzene rings is 1. The quantitative estimate of drug-likeness (QED) is 0.752. The highest BCUT2D eigenvalue weighted by Crippen LogP contribution is 2.45. The van der Waals surface area contributed by atoms with Crippen LogP contribution in [0.3, 0.4) is 0 Å². The van der Waals surface area contributed by atoms with Crippen molar-refractivity contribution in [2.45, 2.75) is 0 Å². The van der Waals surface area contributed by atoms with Crippen molar-refractivity contribution in [1.82, 2.24) is 0 Å². The van der Waals surface area contributed by atoms with Crippen molar-refractivity contribution in [3.63, 3.8) is 0 Å². The lowest BCUT2D eigenvalue weighted by Gasteiger charge is -2.11. The van der Waals surface area contributed by atoms with Gasteiger partial charge in [0.25, 0.3) is 0 Å². The highest BCUT2D eigenvalue weighted by atomic mass is 79.9. The summed E-state index contributed by atoms with van der Waals surface area (Å²) in [5, 5.41) is 0. The smallest absolute Gasteiger partial charge is 0.131 e. The second-order valence-corrected chi connectivity index (χ2v) is 6.49. The summed E-state index contributed by atoms with van der Waals surface area (Å²) < 4.78 is 12.9. The Morgan fingerprint density at radius 3 is 2.06 bits per heavy atom. The Labute approximate surface area is 121 Å². The Kier molecular flexibility index (Phi) is 4.12. The van der Waals surface area contributed by atoms with Crippen molar-refractivity contribution in [2.75, 3.05) is 14.2 Å². The number of rotatable bonds is 3. The summed E-state index contributed by atoms with van der Waals surface area (Å²) in [4.78, 5) is 1.10. The molecule has 90 valence electrons. The monoisotopic (exact) mass is 376 g/mol. The second kappa shape index (κ2) is 5.42. The molecule has 0 aliphatic heterocycles. The van der Waals surface area contributed by atoms with Crippen LogP contribution < -0.4 is 9.47 Å². The minimum atomic E-state index is 0.811. The Bertz CT molecular complexity index is 496. The molecule has 1 aromatic heterocycles. The number of hydrogen-bond acceptors (Lipinski definition) is 3. The van der Waals surface area contributed by atoms with Crippen molar-refractivity contribution in [3.05, 3.63) is 32.5 Å². The largest absolute Gasteiger partial charge is 0.496 e. The molecule has 0 saturated carbocycles. The molecule has 5 heteroatoms. The third-order valence-electron chi connectivity index (χ3n) is 2.32. The molecule has 1 heterocycles. The normalized spacial score (nSPS) is 10.4. The van der Waals surface area contributed by atoms with Crippen LogP contribution in [-0.2, 0) is 0 Å². The minimum absolute atomic E-state index is 0.811. The number of thiophene rings is 1. The van der Waals surface area contributed by atoms with Crippen LogP contribution in [0.15, 0.2) is 32.5 Å². The van der Waals surface area contributed by atoms with Crippen LogP contribution in [-0.4, -0.2) is 14.2 Å². The zero-order chi connectivity index (χ0) is 12.4. The molecule has 2 aromatic rings. The van der Waals surface area contributed by atoms with Crippen LogP contribution in [0.5, 0.6) is 11.5 Å². The topological polar surface area (TPSA) is 18.5 Å². The zero-order valence-electron chi connectivity index (χ0n) is 9.29. The van der Waals surface area contributed by atoms with Crippen LogP contribution in [0, 0.1) is 0 Å². The van der Waals surface area contributed by atoms with E-state index in [1.807, 2.05) is 18.2 Å². The molecular formula is C12H10Br2O2S. The van der Waals surface area contributed by atoms with E-state index < -0.39 is 0 Å². The van der Waals surface area contributed by atoms with Gasteiger partial charge >= 0.3 is 0 Å². The van der Waals surface area contributed by atoms with Gasteiger partial charge in [0.2, 0.25) is 0 Å². The molecule has 0 aliphatic carbocycles. The maximum Gasteiger partial charge on any atom is 0.131 e. The third kappa shape index (κ3) is 2.51. The molecule has 0 unspecified atom stereocenters. The summed E-state index contributed by atoms with van der Waals surface area (Å²) in [6, 6.07) is 7.83. The van der Waals surface area contributed by atoms with Crippen LogP contribution in [0.2, 0.25) is 0 Å². The van der Waals surface area contributed by atoms with E-state index in [0.29, 0.717) is 0 Å². The SMILES string of the molecule is COc1cccc(OC)c1-c1cc(Br)c(Br)s1. The molecule has 17 heavy (non-hydrogen) atoms. The molecule has 0 spiro atoms. The Morgan fingerprint density at radius 1 is 1.06 bits per heavy atom. The Morgan fingerprint density at radius 2 is 1.65 bits per heavy atom. The lowest BCUT2D eigenvalue weighted by Crippen LogP contribution is -1.91. The summed E-state index contributed by atoms with van der Waals surface area (Å²) in [5.41, 5.74) is 0.980. The first kappa shape index (κ1) is 12.9. The van der Waals surface area contributed by atoms with Gasteiger partial charge in [0.05, 0.1) is 23.6 Å². The third-order valence-corrected chi connectivity index (χ3v) is 5.59. The number of halogens is 2. The second-order valence-electron chi connectivity index (χ2n) is 3.27. The van der Waals surface area contributed by atoms with Crippen molar-refractivity contribution >= 4 is 43.2 Å². The first-order valence-electron chi connectivity index (χ1n) is 4.83. The first-order valence-corrected chi connectivity index (χ1v) is 7.23. The van der Waals surface area contributed by atoms with E-state index in [2.05, 4.69) is 37.9 Å². The van der Waals surface area contributed by atoms with Gasteiger partial charge in [0.1, 0.15) is 11.5 Å². The predicted molar refractivity (Wildman–Crippen MR) is 78.3 cm³/mol. The van der Waals surface area contributed by atoms with E-state index in [4.69, 9.17) is 9.47 Å². The standard InChI is InChI=1S/C12H10Br2O2S/c1-15-8-4-3-5-9(16-2)11(8)10-6-7(13)12(14)17-10/h3-6H,1-2H3. The average molecular weight is 378 g/mol. The van der Waals surface area contributed by atoms with E-state index in [9.17, 15) is 0 Å².